The Labute approximate surface area is 214 Å². The molecule has 2 aromatic carbocycles. The fourth-order valence-corrected chi connectivity index (χ4v) is 4.51. The number of nitrogens with one attached hydrogen (secondary N) is 1. The van der Waals surface area contributed by atoms with Gasteiger partial charge in [-0.3, -0.25) is 4.79 Å². The van der Waals surface area contributed by atoms with Crippen LogP contribution in [0.2, 0.25) is 0 Å². The number of aromatic nitrogens is 2. The van der Waals surface area contributed by atoms with Crippen molar-refractivity contribution in [2.75, 3.05) is 51.0 Å². The van der Waals surface area contributed by atoms with E-state index in [-0.39, 0.29) is 59.0 Å². The van der Waals surface area contributed by atoms with Gasteiger partial charge in [-0.2, -0.15) is 4.98 Å². The fraction of sp³-hybridized carbons (Fsp3) is 0.423. The van der Waals surface area contributed by atoms with Crippen LogP contribution in [0.5, 0.6) is 11.5 Å². The van der Waals surface area contributed by atoms with Gasteiger partial charge in [0.1, 0.15) is 17.2 Å². The second-order valence-electron chi connectivity index (χ2n) is 9.23. The second-order valence-corrected chi connectivity index (χ2v) is 9.23. The van der Waals surface area contributed by atoms with Gasteiger partial charge in [0.2, 0.25) is 11.9 Å². The molecule has 9 nitrogen and oxygen atoms in total. The van der Waals surface area contributed by atoms with Crippen LogP contribution in [-0.2, 0) is 4.79 Å². The largest absolute Gasteiger partial charge is 0.493 e. The molecule has 1 aromatic heterocycles. The van der Waals surface area contributed by atoms with E-state index in [2.05, 4.69) is 15.3 Å². The Bertz CT molecular complexity index is 1260. The highest BCUT2D eigenvalue weighted by Gasteiger charge is 2.27. The predicted molar refractivity (Wildman–Crippen MR) is 138 cm³/mol. The van der Waals surface area contributed by atoms with E-state index >= 15 is 4.39 Å². The standard InChI is InChI=1S/C26H32F2N6O3/c1-15(2)30-19(16-5-7-17(27)8-6-16)14-21(35)33-9-11-34(12-10-33)26-31-23-18(25(29)32-26)13-20(36-3)24(37-4)22(23)28/h5-8,13,15,19,30H,9-12,14H2,1-4H3,(H2,29,31,32)/t19-/m1/s1. The lowest BCUT2D eigenvalue weighted by Gasteiger charge is -2.35. The van der Waals surface area contributed by atoms with Crippen molar-refractivity contribution >= 4 is 28.6 Å². The number of rotatable bonds is 8. The number of hydrogen-bond acceptors (Lipinski definition) is 8. The molecule has 1 amide bonds. The van der Waals surface area contributed by atoms with Crippen LogP contribution in [0.4, 0.5) is 20.5 Å². The molecule has 1 atom stereocenters. The van der Waals surface area contributed by atoms with Gasteiger partial charge in [-0.25, -0.2) is 13.8 Å². The topological polar surface area (TPSA) is 106 Å². The Kier molecular flexibility index (Phi) is 7.91. The Hall–Kier alpha value is -3.73. The van der Waals surface area contributed by atoms with Crippen LogP contribution in [0.1, 0.15) is 31.9 Å². The molecular weight excluding hydrogens is 482 g/mol. The van der Waals surface area contributed by atoms with Crippen molar-refractivity contribution in [3.8, 4) is 11.5 Å². The van der Waals surface area contributed by atoms with Gasteiger partial charge in [0, 0.05) is 50.1 Å². The van der Waals surface area contributed by atoms with Crippen molar-refractivity contribution < 1.29 is 23.0 Å². The fourth-order valence-electron chi connectivity index (χ4n) is 4.51. The summed E-state index contributed by atoms with van der Waals surface area (Å²) in [7, 11) is 2.77. The lowest BCUT2D eigenvalue weighted by Crippen LogP contribution is -2.50. The van der Waals surface area contributed by atoms with E-state index in [9.17, 15) is 9.18 Å². The molecule has 0 bridgehead atoms. The number of hydrogen-bond donors (Lipinski definition) is 2. The van der Waals surface area contributed by atoms with E-state index < -0.39 is 5.82 Å². The summed E-state index contributed by atoms with van der Waals surface area (Å²) < 4.78 is 38.9. The Morgan fingerprint density at radius 2 is 1.76 bits per heavy atom. The minimum absolute atomic E-state index is 0.0102. The quantitative estimate of drug-likeness (QED) is 0.472. The van der Waals surface area contributed by atoms with E-state index in [4.69, 9.17) is 15.2 Å². The third-order valence-corrected chi connectivity index (χ3v) is 6.39. The molecule has 0 saturated carbocycles. The van der Waals surface area contributed by atoms with Gasteiger partial charge in [0.25, 0.3) is 0 Å². The number of ether oxygens (including phenoxy) is 2. The summed E-state index contributed by atoms with van der Waals surface area (Å²) in [6.45, 7) is 5.83. The number of nitrogens with zero attached hydrogens (tertiary/aromatic N) is 4. The summed E-state index contributed by atoms with van der Waals surface area (Å²) in [6, 6.07) is 7.67. The Morgan fingerprint density at radius 3 is 2.35 bits per heavy atom. The maximum atomic E-state index is 15.1. The average molecular weight is 515 g/mol. The van der Waals surface area contributed by atoms with Crippen LogP contribution in [0, 0.1) is 11.6 Å². The average Bonchev–Trinajstić information content (AvgIpc) is 2.88. The zero-order valence-electron chi connectivity index (χ0n) is 21.4. The van der Waals surface area contributed by atoms with Crippen molar-refractivity contribution in [2.45, 2.75) is 32.4 Å². The highest BCUT2D eigenvalue weighted by molar-refractivity contribution is 5.92. The highest BCUT2D eigenvalue weighted by Crippen LogP contribution is 2.37. The van der Waals surface area contributed by atoms with Crippen molar-refractivity contribution in [2.24, 2.45) is 0 Å². The highest BCUT2D eigenvalue weighted by atomic mass is 19.1. The number of piperazine rings is 1. The molecule has 0 unspecified atom stereocenters. The van der Waals surface area contributed by atoms with Crippen LogP contribution in [0.25, 0.3) is 10.9 Å². The summed E-state index contributed by atoms with van der Waals surface area (Å²) in [6.07, 6.45) is 0.246. The molecule has 1 aliphatic rings. The second kappa shape index (κ2) is 11.1. The summed E-state index contributed by atoms with van der Waals surface area (Å²) in [4.78, 5) is 25.6. The van der Waals surface area contributed by atoms with E-state index in [0.29, 0.717) is 31.6 Å². The molecule has 0 aliphatic carbocycles. The Balaban J connectivity index is 1.47. The van der Waals surface area contributed by atoms with Gasteiger partial charge in [-0.1, -0.05) is 26.0 Å². The molecule has 0 spiro atoms. The number of amides is 1. The van der Waals surface area contributed by atoms with Crippen molar-refractivity contribution in [1.29, 1.82) is 0 Å². The van der Waals surface area contributed by atoms with E-state index in [1.54, 1.807) is 23.1 Å². The maximum Gasteiger partial charge on any atom is 0.228 e. The van der Waals surface area contributed by atoms with Gasteiger partial charge in [0.05, 0.1) is 14.2 Å². The van der Waals surface area contributed by atoms with Crippen LogP contribution < -0.4 is 25.4 Å². The number of fused-ring (bicyclic) bond motifs is 1. The Morgan fingerprint density at radius 1 is 1.08 bits per heavy atom. The molecule has 4 rings (SSSR count). The van der Waals surface area contributed by atoms with Gasteiger partial charge >= 0.3 is 0 Å². The van der Waals surface area contributed by atoms with Crippen LogP contribution in [-0.4, -0.2) is 67.2 Å². The SMILES string of the molecule is COc1cc2c(N)nc(N3CCN(C(=O)C[C@@H](NC(C)C)c4ccc(F)cc4)CC3)nc2c(F)c1OC. The first kappa shape index (κ1) is 26.3. The zero-order valence-corrected chi connectivity index (χ0v) is 21.4. The summed E-state index contributed by atoms with van der Waals surface area (Å²) in [5.74, 6) is -0.444. The normalized spacial score (nSPS) is 14.8. The van der Waals surface area contributed by atoms with E-state index in [0.717, 1.165) is 5.56 Å². The van der Waals surface area contributed by atoms with Gasteiger partial charge in [-0.15, -0.1) is 0 Å². The molecule has 1 saturated heterocycles. The molecule has 3 aromatic rings. The van der Waals surface area contributed by atoms with Gasteiger partial charge in [-0.05, 0) is 23.8 Å². The van der Waals surface area contributed by atoms with Crippen LogP contribution in [0.3, 0.4) is 0 Å². The van der Waals surface area contributed by atoms with Crippen molar-refractivity contribution in [3.63, 3.8) is 0 Å². The summed E-state index contributed by atoms with van der Waals surface area (Å²) in [5, 5.41) is 3.73. The lowest BCUT2D eigenvalue weighted by atomic mass is 10.0. The van der Waals surface area contributed by atoms with Gasteiger partial charge in [0.15, 0.2) is 17.3 Å². The first-order chi connectivity index (χ1) is 17.7. The zero-order chi connectivity index (χ0) is 26.7. The molecule has 0 radical (unpaired) electrons. The number of nitrogens with two attached hydrogens (primary N) is 1. The first-order valence-electron chi connectivity index (χ1n) is 12.1. The van der Waals surface area contributed by atoms with Crippen molar-refractivity contribution in [3.05, 3.63) is 47.5 Å². The molecule has 2 heterocycles. The predicted octanol–water partition coefficient (Wildman–Crippen LogP) is 3.29. The molecule has 11 heteroatoms. The van der Waals surface area contributed by atoms with Crippen LogP contribution >= 0.6 is 0 Å². The molecule has 37 heavy (non-hydrogen) atoms. The summed E-state index contributed by atoms with van der Waals surface area (Å²) in [5.41, 5.74) is 7.05. The number of carbonyl (C=O) groups excluding carboxylic acids is 1. The number of methoxy groups -OCH3 is 2. The number of halogens is 2. The van der Waals surface area contributed by atoms with Crippen molar-refractivity contribution in [1.82, 2.24) is 20.2 Å². The first-order valence-corrected chi connectivity index (χ1v) is 12.1. The number of carbonyl (C=O) groups is 1. The molecule has 1 fully saturated rings. The molecule has 198 valence electrons. The number of anilines is 2. The third-order valence-electron chi connectivity index (χ3n) is 6.39. The van der Waals surface area contributed by atoms with E-state index in [1.165, 1.54) is 26.4 Å². The minimum atomic E-state index is -0.675. The third kappa shape index (κ3) is 5.66. The van der Waals surface area contributed by atoms with Crippen LogP contribution in [0.15, 0.2) is 30.3 Å². The number of nitrogen functional groups attached to an aromatic ring is 1. The van der Waals surface area contributed by atoms with E-state index in [1.807, 2.05) is 18.7 Å². The molecular formula is C26H32F2N6O3. The minimum Gasteiger partial charge on any atom is -0.493 e. The van der Waals surface area contributed by atoms with Gasteiger partial charge < -0.3 is 30.3 Å². The monoisotopic (exact) mass is 514 g/mol. The number of benzene rings is 2. The smallest absolute Gasteiger partial charge is 0.228 e. The lowest BCUT2D eigenvalue weighted by molar-refractivity contribution is -0.132. The summed E-state index contributed by atoms with van der Waals surface area (Å²) >= 11 is 0. The molecule has 1 aliphatic heterocycles. The molecule has 3 N–H and O–H groups in total. The maximum absolute atomic E-state index is 15.1.